The minimum atomic E-state index is -0.202. The molecule has 0 radical (unpaired) electrons. The molecule has 2 aliphatic rings. The lowest BCUT2D eigenvalue weighted by atomic mass is 9.78. The number of anilines is 3. The van der Waals surface area contributed by atoms with E-state index in [0.29, 0.717) is 17.8 Å². The standard InChI is InChI=1S/C33H64N8O2/c1-28(2,3)22-29(4,5)37-25-34-26(38(14)23-18-30(6,7)40(42-16)31(8,9)19-23)36-27(35-25)39(15)24-20-32(10,11)41(43-17)33(12,13)21-24/h23-24H,18-22H2,1-17H3,(H,34,35,36,37). The number of rotatable bonds is 9. The van der Waals surface area contributed by atoms with Gasteiger partial charge in [-0.2, -0.15) is 25.1 Å². The number of nitrogens with one attached hydrogen (secondary N) is 1. The predicted octanol–water partition coefficient (Wildman–Crippen LogP) is 6.54. The van der Waals surface area contributed by atoms with Crippen LogP contribution in [0.4, 0.5) is 17.8 Å². The number of piperidine rings is 2. The van der Waals surface area contributed by atoms with Gasteiger partial charge in [0.25, 0.3) is 0 Å². The van der Waals surface area contributed by atoms with Gasteiger partial charge in [0.05, 0.1) is 14.2 Å². The van der Waals surface area contributed by atoms with Crippen LogP contribution in [0.2, 0.25) is 0 Å². The Bertz CT molecular complexity index is 1010. The van der Waals surface area contributed by atoms with Crippen molar-refractivity contribution in [3.8, 4) is 0 Å². The van der Waals surface area contributed by atoms with Crippen LogP contribution in [-0.2, 0) is 9.68 Å². The molecule has 10 nitrogen and oxygen atoms in total. The molecule has 2 saturated heterocycles. The van der Waals surface area contributed by atoms with Gasteiger partial charge in [0.2, 0.25) is 17.8 Å². The molecule has 0 spiro atoms. The quantitative estimate of drug-likeness (QED) is 0.336. The summed E-state index contributed by atoms with van der Waals surface area (Å²) in [4.78, 5) is 31.6. The molecule has 0 aliphatic carbocycles. The monoisotopic (exact) mass is 605 g/mol. The summed E-state index contributed by atoms with van der Waals surface area (Å²) < 4.78 is 0. The lowest BCUT2D eigenvalue weighted by Gasteiger charge is -2.55. The van der Waals surface area contributed by atoms with Crippen molar-refractivity contribution in [2.45, 2.75) is 162 Å². The molecule has 0 unspecified atom stereocenters. The van der Waals surface area contributed by atoms with E-state index >= 15 is 0 Å². The van der Waals surface area contributed by atoms with Crippen LogP contribution in [0, 0.1) is 5.41 Å². The normalized spacial score (nSPS) is 23.3. The van der Waals surface area contributed by atoms with Crippen molar-refractivity contribution in [1.29, 1.82) is 0 Å². The SMILES string of the molecule is CON1C(C)(C)CC(N(C)c2nc(NC(C)(C)CC(C)(C)C)nc(N(C)C3CC(C)(C)N(OC)C(C)(C)C3)n2)CC1(C)C. The smallest absolute Gasteiger partial charge is 0.231 e. The molecule has 0 saturated carbocycles. The third-order valence-corrected chi connectivity index (χ3v) is 9.27. The van der Waals surface area contributed by atoms with E-state index in [1.54, 1.807) is 14.2 Å². The predicted molar refractivity (Wildman–Crippen MR) is 178 cm³/mol. The van der Waals surface area contributed by atoms with E-state index in [0.717, 1.165) is 32.1 Å². The van der Waals surface area contributed by atoms with Crippen LogP contribution < -0.4 is 15.1 Å². The van der Waals surface area contributed by atoms with Crippen molar-refractivity contribution in [2.24, 2.45) is 5.41 Å². The Morgan fingerprint density at radius 2 is 1.00 bits per heavy atom. The Labute approximate surface area is 263 Å². The number of hydrogen-bond donors (Lipinski definition) is 1. The average molecular weight is 605 g/mol. The molecule has 1 aromatic rings. The maximum Gasteiger partial charge on any atom is 0.231 e. The van der Waals surface area contributed by atoms with Gasteiger partial charge in [0.1, 0.15) is 0 Å². The summed E-state index contributed by atoms with van der Waals surface area (Å²) in [5, 5.41) is 7.99. The summed E-state index contributed by atoms with van der Waals surface area (Å²) in [6, 6.07) is 0.463. The van der Waals surface area contributed by atoms with Gasteiger partial charge in [-0.15, -0.1) is 0 Å². The van der Waals surface area contributed by atoms with Gasteiger partial charge in [-0.1, -0.05) is 20.8 Å². The van der Waals surface area contributed by atoms with Gasteiger partial charge < -0.3 is 24.8 Å². The largest absolute Gasteiger partial charge is 0.349 e. The van der Waals surface area contributed by atoms with Gasteiger partial charge in [0.15, 0.2) is 0 Å². The van der Waals surface area contributed by atoms with Crippen LogP contribution in [0.25, 0.3) is 0 Å². The molecule has 2 aliphatic heterocycles. The summed E-state index contributed by atoms with van der Waals surface area (Å²) in [5.41, 5.74) is -0.641. The summed E-state index contributed by atoms with van der Waals surface area (Å²) in [6.45, 7) is 29.3. The molecular weight excluding hydrogens is 540 g/mol. The highest BCUT2D eigenvalue weighted by molar-refractivity contribution is 5.47. The highest BCUT2D eigenvalue weighted by Gasteiger charge is 2.49. The first-order valence-corrected chi connectivity index (χ1v) is 16.0. The van der Waals surface area contributed by atoms with Crippen LogP contribution in [0.1, 0.15) is 122 Å². The van der Waals surface area contributed by atoms with E-state index < -0.39 is 0 Å². The maximum atomic E-state index is 5.88. The highest BCUT2D eigenvalue weighted by Crippen LogP contribution is 2.42. The Morgan fingerprint density at radius 3 is 1.28 bits per heavy atom. The minimum Gasteiger partial charge on any atom is -0.349 e. The fourth-order valence-corrected chi connectivity index (χ4v) is 8.68. The molecule has 0 bridgehead atoms. The molecule has 2 fully saturated rings. The second-order valence-corrected chi connectivity index (χ2v) is 17.6. The molecule has 10 heteroatoms. The number of aromatic nitrogens is 3. The highest BCUT2D eigenvalue weighted by atomic mass is 16.7. The van der Waals surface area contributed by atoms with Gasteiger partial charge in [-0.05, 0) is 107 Å². The molecule has 3 rings (SSSR count). The van der Waals surface area contributed by atoms with Gasteiger partial charge >= 0.3 is 0 Å². The second kappa shape index (κ2) is 11.9. The van der Waals surface area contributed by atoms with Crippen LogP contribution >= 0.6 is 0 Å². The molecule has 1 N–H and O–H groups in total. The third-order valence-electron chi connectivity index (χ3n) is 9.27. The van der Waals surface area contributed by atoms with Crippen molar-refractivity contribution in [3.63, 3.8) is 0 Å². The van der Waals surface area contributed by atoms with E-state index in [9.17, 15) is 0 Å². The Morgan fingerprint density at radius 1 is 0.674 bits per heavy atom. The zero-order chi connectivity index (χ0) is 33.0. The van der Waals surface area contributed by atoms with Crippen molar-refractivity contribution in [2.75, 3.05) is 43.4 Å². The number of hydroxylamine groups is 4. The summed E-state index contributed by atoms with van der Waals surface area (Å²) >= 11 is 0. The molecule has 1 aromatic heterocycles. The van der Waals surface area contributed by atoms with Gasteiger partial charge in [0, 0.05) is 53.9 Å². The number of nitrogens with zero attached hydrogens (tertiary/aromatic N) is 7. The van der Waals surface area contributed by atoms with E-state index in [4.69, 9.17) is 24.6 Å². The van der Waals surface area contributed by atoms with E-state index in [1.165, 1.54) is 0 Å². The van der Waals surface area contributed by atoms with Gasteiger partial charge in [-0.25, -0.2) is 0 Å². The molecule has 43 heavy (non-hydrogen) atoms. The van der Waals surface area contributed by atoms with E-state index in [1.807, 2.05) is 0 Å². The molecule has 248 valence electrons. The Kier molecular flexibility index (Phi) is 9.87. The van der Waals surface area contributed by atoms with Crippen LogP contribution in [0.3, 0.4) is 0 Å². The topological polar surface area (TPSA) is 82.1 Å². The molecule has 0 aromatic carbocycles. The van der Waals surface area contributed by atoms with Crippen molar-refractivity contribution >= 4 is 17.8 Å². The first kappa shape index (κ1) is 35.7. The summed E-state index contributed by atoms with van der Waals surface area (Å²) in [5.74, 6) is 2.01. The summed E-state index contributed by atoms with van der Waals surface area (Å²) in [7, 11) is 7.81. The minimum absolute atomic E-state index is 0.148. The van der Waals surface area contributed by atoms with Gasteiger partial charge in [-0.3, -0.25) is 0 Å². The first-order chi connectivity index (χ1) is 19.3. The zero-order valence-corrected chi connectivity index (χ0v) is 30.6. The van der Waals surface area contributed by atoms with E-state index in [-0.39, 0.29) is 45.2 Å². The van der Waals surface area contributed by atoms with Crippen LogP contribution in [-0.4, -0.2) is 93.2 Å². The van der Waals surface area contributed by atoms with Crippen LogP contribution in [0.5, 0.6) is 0 Å². The molecule has 3 heterocycles. The third kappa shape index (κ3) is 8.10. The summed E-state index contributed by atoms with van der Waals surface area (Å²) in [6.07, 6.45) is 4.67. The van der Waals surface area contributed by atoms with Crippen molar-refractivity contribution in [1.82, 2.24) is 25.1 Å². The molecular formula is C33H64N8O2. The molecule has 0 amide bonds. The lowest BCUT2D eigenvalue weighted by molar-refractivity contribution is -0.266. The fraction of sp³-hybridized carbons (Fsp3) is 0.909. The van der Waals surface area contributed by atoms with Crippen LogP contribution in [0.15, 0.2) is 0 Å². The fourth-order valence-electron chi connectivity index (χ4n) is 8.68. The maximum absolute atomic E-state index is 5.88. The van der Waals surface area contributed by atoms with E-state index in [2.05, 4.69) is 129 Å². The molecule has 0 atom stereocenters. The zero-order valence-electron chi connectivity index (χ0n) is 30.6. The second-order valence-electron chi connectivity index (χ2n) is 17.6. The Hall–Kier alpha value is -1.75. The average Bonchev–Trinajstić information content (AvgIpc) is 2.78. The Balaban J connectivity index is 2.04. The van der Waals surface area contributed by atoms with Crippen molar-refractivity contribution in [3.05, 3.63) is 0 Å². The number of hydrogen-bond acceptors (Lipinski definition) is 10. The van der Waals surface area contributed by atoms with Crippen molar-refractivity contribution < 1.29 is 9.68 Å². The lowest BCUT2D eigenvalue weighted by Crippen LogP contribution is -2.63. The first-order valence-electron chi connectivity index (χ1n) is 16.0.